The number of nitrogens with two attached hydrogens (primary N) is 1. The number of carbonyl (C=O) groups excluding carboxylic acids is 1. The average molecular weight is 139 g/mol. The van der Waals surface area contributed by atoms with Gasteiger partial charge in [0.05, 0.1) is 5.97 Å². The molecule has 0 aromatic rings. The molecule has 0 unspecified atom stereocenters. The van der Waals surface area contributed by atoms with Crippen molar-refractivity contribution in [2.45, 2.75) is 19.9 Å². The van der Waals surface area contributed by atoms with E-state index in [9.17, 15) is 9.90 Å². The molecule has 0 radical (unpaired) electrons. The van der Waals surface area contributed by atoms with E-state index in [-0.39, 0.29) is 35.5 Å². The third-order valence-electron chi connectivity index (χ3n) is 0.990. The Kier molecular flexibility index (Phi) is 7.06. The van der Waals surface area contributed by atoms with E-state index in [1.165, 1.54) is 0 Å². The summed E-state index contributed by atoms with van der Waals surface area (Å²) in [6, 6.07) is -0.824. The summed E-state index contributed by atoms with van der Waals surface area (Å²) in [6.45, 7) is 3.47. The van der Waals surface area contributed by atoms with Crippen LogP contribution in [0.1, 0.15) is 13.8 Å². The molecule has 0 aliphatic rings. The summed E-state index contributed by atoms with van der Waals surface area (Å²) in [5.74, 6) is -1.22. The van der Waals surface area contributed by atoms with Crippen LogP contribution >= 0.6 is 0 Å². The van der Waals surface area contributed by atoms with Crippen molar-refractivity contribution in [3.63, 3.8) is 0 Å². The fourth-order valence-electron chi connectivity index (χ4n) is 0.272. The van der Waals surface area contributed by atoms with Gasteiger partial charge in [0.15, 0.2) is 0 Å². The summed E-state index contributed by atoms with van der Waals surface area (Å²) in [4.78, 5) is 9.90. The summed E-state index contributed by atoms with van der Waals surface area (Å²) in [7, 11) is 0. The summed E-state index contributed by atoms with van der Waals surface area (Å²) < 4.78 is 0. The normalized spacial score (nSPS) is 12.4. The van der Waals surface area contributed by atoms with Crippen molar-refractivity contribution in [2.75, 3.05) is 0 Å². The molecule has 0 amide bonds. The number of hydrogen-bond donors (Lipinski definition) is 1. The number of carboxylic acids is 1. The Hall–Kier alpha value is 0.430. The van der Waals surface area contributed by atoms with E-state index in [2.05, 4.69) is 0 Å². The molecule has 0 aliphatic carbocycles. The van der Waals surface area contributed by atoms with Gasteiger partial charge >= 0.3 is 29.6 Å². The van der Waals surface area contributed by atoms with Gasteiger partial charge in [-0.05, 0) is 5.92 Å². The van der Waals surface area contributed by atoms with Gasteiger partial charge in [-0.25, -0.2) is 0 Å². The zero-order chi connectivity index (χ0) is 6.73. The summed E-state index contributed by atoms with van der Waals surface area (Å²) in [5, 5.41) is 9.90. The Bertz CT molecular complexity index is 95.0. The second-order valence-electron chi connectivity index (χ2n) is 2.09. The minimum Gasteiger partial charge on any atom is -0.548 e. The van der Waals surface area contributed by atoms with Crippen molar-refractivity contribution in [3.05, 3.63) is 0 Å². The Morgan fingerprint density at radius 1 is 1.56 bits per heavy atom. The van der Waals surface area contributed by atoms with Gasteiger partial charge in [0.1, 0.15) is 0 Å². The maximum absolute atomic E-state index is 9.90. The molecule has 0 saturated heterocycles. The molecular weight excluding hydrogens is 129 g/mol. The van der Waals surface area contributed by atoms with Gasteiger partial charge in [0, 0.05) is 6.04 Å². The zero-order valence-electron chi connectivity index (χ0n) is 6.05. The Morgan fingerprint density at radius 2 is 1.89 bits per heavy atom. The van der Waals surface area contributed by atoms with Gasteiger partial charge in [-0.3, -0.25) is 0 Å². The first-order valence-corrected chi connectivity index (χ1v) is 2.52. The van der Waals surface area contributed by atoms with Crippen LogP contribution in [0, 0.1) is 5.92 Å². The minimum atomic E-state index is -1.18. The quantitative estimate of drug-likeness (QED) is 0.394. The van der Waals surface area contributed by atoms with E-state index >= 15 is 0 Å². The van der Waals surface area contributed by atoms with Crippen LogP contribution in [-0.4, -0.2) is 12.0 Å². The number of carbonyl (C=O) groups is 1. The van der Waals surface area contributed by atoms with Crippen LogP contribution in [0.2, 0.25) is 0 Å². The van der Waals surface area contributed by atoms with Gasteiger partial charge in [-0.1, -0.05) is 13.8 Å². The van der Waals surface area contributed by atoms with Crippen molar-refractivity contribution < 1.29 is 39.5 Å². The molecule has 0 bridgehead atoms. The predicted molar refractivity (Wildman–Crippen MR) is 27.8 cm³/mol. The van der Waals surface area contributed by atoms with Crippen molar-refractivity contribution in [1.82, 2.24) is 0 Å². The largest absolute Gasteiger partial charge is 1.00 e. The molecule has 0 fully saturated rings. The molecular formula is C5H10NNaO2. The van der Waals surface area contributed by atoms with Gasteiger partial charge in [0.2, 0.25) is 0 Å². The van der Waals surface area contributed by atoms with Crippen molar-refractivity contribution >= 4 is 5.97 Å². The fraction of sp³-hybridized carbons (Fsp3) is 0.800. The first-order valence-electron chi connectivity index (χ1n) is 2.52. The summed E-state index contributed by atoms with van der Waals surface area (Å²) >= 11 is 0. The maximum Gasteiger partial charge on any atom is 1.00 e. The van der Waals surface area contributed by atoms with Crippen LogP contribution in [0.25, 0.3) is 0 Å². The molecule has 0 aromatic carbocycles. The molecule has 0 heterocycles. The second-order valence-corrected chi connectivity index (χ2v) is 2.09. The van der Waals surface area contributed by atoms with Crippen molar-refractivity contribution in [3.8, 4) is 0 Å². The van der Waals surface area contributed by atoms with Crippen molar-refractivity contribution in [1.29, 1.82) is 0 Å². The number of aliphatic carboxylic acids is 1. The van der Waals surface area contributed by atoms with Gasteiger partial charge < -0.3 is 15.6 Å². The van der Waals surface area contributed by atoms with E-state index in [4.69, 9.17) is 5.73 Å². The Morgan fingerprint density at radius 3 is 1.89 bits per heavy atom. The first-order chi connectivity index (χ1) is 3.55. The third kappa shape index (κ3) is 4.90. The number of carboxylic acid groups (broad SMARTS) is 1. The van der Waals surface area contributed by atoms with Crippen molar-refractivity contribution in [2.24, 2.45) is 11.7 Å². The molecule has 0 spiro atoms. The molecule has 0 aliphatic heterocycles. The Balaban J connectivity index is 0. The van der Waals surface area contributed by atoms with E-state index in [1.54, 1.807) is 13.8 Å². The summed E-state index contributed by atoms with van der Waals surface area (Å²) in [6.07, 6.45) is 0. The summed E-state index contributed by atoms with van der Waals surface area (Å²) in [5.41, 5.74) is 5.10. The van der Waals surface area contributed by atoms with E-state index in [1.807, 2.05) is 0 Å². The third-order valence-corrected chi connectivity index (χ3v) is 0.990. The average Bonchev–Trinajstić information content (AvgIpc) is 1.64. The maximum atomic E-state index is 9.90. The molecule has 2 N–H and O–H groups in total. The van der Waals surface area contributed by atoms with Crippen LogP contribution in [-0.2, 0) is 4.79 Å². The standard InChI is InChI=1S/C5H11NO2.Na/c1-3(2)4(6)5(7)8;/h3-4H,6H2,1-2H3,(H,7,8);/q;+1/p-1/t4-;/m1./s1. The SMILES string of the molecule is CC(C)[C@@H](N)C(=O)[O-].[Na+]. The Labute approximate surface area is 76.9 Å². The van der Waals surface area contributed by atoms with Crippen LogP contribution in [0.3, 0.4) is 0 Å². The van der Waals surface area contributed by atoms with Crippen LogP contribution in [0.5, 0.6) is 0 Å². The molecule has 0 saturated carbocycles. The second kappa shape index (κ2) is 5.23. The van der Waals surface area contributed by atoms with E-state index in [0.29, 0.717) is 0 Å². The minimum absolute atomic E-state index is 0. The zero-order valence-corrected chi connectivity index (χ0v) is 8.05. The smallest absolute Gasteiger partial charge is 0.548 e. The fourth-order valence-corrected chi connectivity index (χ4v) is 0.272. The molecule has 9 heavy (non-hydrogen) atoms. The molecule has 0 rings (SSSR count). The molecule has 0 aromatic heterocycles. The molecule has 3 nitrogen and oxygen atoms in total. The number of rotatable bonds is 2. The first kappa shape index (κ1) is 12.1. The monoisotopic (exact) mass is 139 g/mol. The predicted octanol–water partition coefficient (Wildman–Crippen LogP) is -4.28. The molecule has 48 valence electrons. The number of hydrogen-bond acceptors (Lipinski definition) is 3. The topological polar surface area (TPSA) is 66.2 Å². The van der Waals surface area contributed by atoms with Crippen LogP contribution < -0.4 is 40.4 Å². The van der Waals surface area contributed by atoms with Gasteiger partial charge in [-0.15, -0.1) is 0 Å². The molecule has 1 atom stereocenters. The van der Waals surface area contributed by atoms with Crippen LogP contribution in [0.15, 0.2) is 0 Å². The molecule has 4 heteroatoms. The van der Waals surface area contributed by atoms with E-state index < -0.39 is 12.0 Å². The van der Waals surface area contributed by atoms with E-state index in [0.717, 1.165) is 0 Å². The van der Waals surface area contributed by atoms with Gasteiger partial charge in [0.25, 0.3) is 0 Å². The van der Waals surface area contributed by atoms with Crippen LogP contribution in [0.4, 0.5) is 0 Å². The van der Waals surface area contributed by atoms with Gasteiger partial charge in [-0.2, -0.15) is 0 Å².